The molecule has 2 unspecified atom stereocenters. The molecular formula is C18H17F3N4O2S. The molecule has 2 saturated heterocycles. The monoisotopic (exact) mass is 410 g/mol. The Kier molecular flexibility index (Phi) is 4.20. The second kappa shape index (κ2) is 6.63. The fraction of sp³-hybridized carbons (Fsp3) is 0.444. The zero-order chi connectivity index (χ0) is 19.3. The van der Waals surface area contributed by atoms with Gasteiger partial charge in [-0.05, 0) is 18.9 Å². The third kappa shape index (κ3) is 3.42. The summed E-state index contributed by atoms with van der Waals surface area (Å²) in [5.74, 6) is 0.0928. The number of benzene rings is 1. The van der Waals surface area contributed by atoms with Crippen molar-refractivity contribution in [3.8, 4) is 16.3 Å². The molecule has 5 rings (SSSR count). The van der Waals surface area contributed by atoms with Gasteiger partial charge < -0.3 is 19.4 Å². The number of oxazole rings is 1. The third-order valence-electron chi connectivity index (χ3n) is 5.00. The molecule has 3 aromatic rings. The van der Waals surface area contributed by atoms with E-state index in [1.54, 1.807) is 11.6 Å². The summed E-state index contributed by atoms with van der Waals surface area (Å²) in [6.07, 6.45) is -0.520. The van der Waals surface area contributed by atoms with Crippen LogP contribution in [0.4, 0.5) is 19.2 Å². The number of fused-ring (bicyclic) bond motifs is 3. The minimum atomic E-state index is -4.41. The Morgan fingerprint density at radius 3 is 2.71 bits per heavy atom. The van der Waals surface area contributed by atoms with Crippen LogP contribution in [0.1, 0.15) is 12.8 Å². The summed E-state index contributed by atoms with van der Waals surface area (Å²) in [5.41, 5.74) is 1.56. The Labute approximate surface area is 162 Å². The van der Waals surface area contributed by atoms with Gasteiger partial charge in [-0.25, -0.2) is 4.98 Å². The summed E-state index contributed by atoms with van der Waals surface area (Å²) >= 11 is 1.38. The Morgan fingerprint density at radius 1 is 1.25 bits per heavy atom. The van der Waals surface area contributed by atoms with E-state index in [4.69, 9.17) is 9.15 Å². The Balaban J connectivity index is 1.53. The standard InChI is InChI=1S/C18H17F3N4O2S/c19-18(20,21)9-26-12-5-13(16-22-3-4-28-16)15-14(6-12)24-17(27-15)25-7-10-1-2-11(8-25)23-10/h3-6,10-11,23H,1-2,7-9H2. The van der Waals surface area contributed by atoms with Gasteiger partial charge in [-0.2, -0.15) is 18.2 Å². The molecule has 4 heterocycles. The molecule has 28 heavy (non-hydrogen) atoms. The van der Waals surface area contributed by atoms with Crippen molar-refractivity contribution in [3.63, 3.8) is 0 Å². The van der Waals surface area contributed by atoms with Gasteiger partial charge in [0, 0.05) is 42.8 Å². The number of rotatable bonds is 4. The number of nitrogens with one attached hydrogen (secondary N) is 1. The van der Waals surface area contributed by atoms with Crippen LogP contribution in [0.15, 0.2) is 28.1 Å². The molecule has 10 heteroatoms. The van der Waals surface area contributed by atoms with Gasteiger partial charge in [0.05, 0.1) is 5.56 Å². The number of hydrogen-bond donors (Lipinski definition) is 1. The van der Waals surface area contributed by atoms with Crippen molar-refractivity contribution in [3.05, 3.63) is 23.7 Å². The summed E-state index contributed by atoms with van der Waals surface area (Å²) in [7, 11) is 0. The van der Waals surface area contributed by atoms with Crippen LogP contribution < -0.4 is 15.0 Å². The molecule has 2 aliphatic heterocycles. The largest absolute Gasteiger partial charge is 0.484 e. The molecule has 0 spiro atoms. The molecule has 6 nitrogen and oxygen atoms in total. The smallest absolute Gasteiger partial charge is 0.422 e. The third-order valence-corrected chi connectivity index (χ3v) is 5.81. The molecule has 0 radical (unpaired) electrons. The van der Waals surface area contributed by atoms with Gasteiger partial charge in [0.2, 0.25) is 0 Å². The van der Waals surface area contributed by atoms with Crippen molar-refractivity contribution >= 4 is 28.5 Å². The van der Waals surface area contributed by atoms with Crippen LogP contribution in [0, 0.1) is 0 Å². The lowest BCUT2D eigenvalue weighted by molar-refractivity contribution is -0.153. The highest BCUT2D eigenvalue weighted by Gasteiger charge is 2.34. The van der Waals surface area contributed by atoms with Crippen molar-refractivity contribution < 1.29 is 22.3 Å². The number of hydrogen-bond acceptors (Lipinski definition) is 7. The van der Waals surface area contributed by atoms with Crippen LogP contribution in [-0.2, 0) is 0 Å². The van der Waals surface area contributed by atoms with Crippen molar-refractivity contribution in [2.75, 3.05) is 24.6 Å². The lowest BCUT2D eigenvalue weighted by Gasteiger charge is -2.31. The normalized spacial score (nSPS) is 22.2. The van der Waals surface area contributed by atoms with Crippen LogP contribution in [0.25, 0.3) is 21.7 Å². The minimum absolute atomic E-state index is 0.0928. The summed E-state index contributed by atoms with van der Waals surface area (Å²) in [5, 5.41) is 6.00. The van der Waals surface area contributed by atoms with E-state index in [1.165, 1.54) is 23.5 Å². The highest BCUT2D eigenvalue weighted by molar-refractivity contribution is 7.13. The van der Waals surface area contributed by atoms with Gasteiger partial charge in [0.15, 0.2) is 12.2 Å². The van der Waals surface area contributed by atoms with Crippen molar-refractivity contribution in [2.24, 2.45) is 0 Å². The molecule has 148 valence electrons. The number of halogens is 3. The summed E-state index contributed by atoms with van der Waals surface area (Å²) in [6.45, 7) is 0.238. The van der Waals surface area contributed by atoms with Crippen LogP contribution in [0.3, 0.4) is 0 Å². The molecule has 2 aliphatic rings. The van der Waals surface area contributed by atoms with Crippen molar-refractivity contribution in [1.29, 1.82) is 0 Å². The first kappa shape index (κ1) is 17.7. The molecule has 2 atom stereocenters. The molecule has 1 N–H and O–H groups in total. The highest BCUT2D eigenvalue weighted by Crippen LogP contribution is 2.37. The average molecular weight is 410 g/mol. The van der Waals surface area contributed by atoms with Crippen LogP contribution in [0.5, 0.6) is 5.75 Å². The molecule has 2 fully saturated rings. The number of thiazole rings is 1. The number of anilines is 1. The summed E-state index contributed by atoms with van der Waals surface area (Å²) in [4.78, 5) is 10.9. The predicted molar refractivity (Wildman–Crippen MR) is 98.8 cm³/mol. The van der Waals surface area contributed by atoms with Gasteiger partial charge in [0.1, 0.15) is 16.3 Å². The van der Waals surface area contributed by atoms with E-state index in [0.717, 1.165) is 25.9 Å². The van der Waals surface area contributed by atoms with Crippen molar-refractivity contribution in [1.82, 2.24) is 15.3 Å². The predicted octanol–water partition coefficient (Wildman–Crippen LogP) is 3.83. The number of aromatic nitrogens is 2. The van der Waals surface area contributed by atoms with Gasteiger partial charge in [-0.3, -0.25) is 0 Å². The van der Waals surface area contributed by atoms with E-state index in [2.05, 4.69) is 20.2 Å². The average Bonchev–Trinajstić information content (AvgIpc) is 3.38. The van der Waals surface area contributed by atoms with E-state index in [0.29, 0.717) is 39.8 Å². The van der Waals surface area contributed by atoms with Gasteiger partial charge in [-0.15, -0.1) is 11.3 Å². The topological polar surface area (TPSA) is 63.4 Å². The fourth-order valence-corrected chi connectivity index (χ4v) is 4.50. The van der Waals surface area contributed by atoms with Gasteiger partial charge >= 0.3 is 6.18 Å². The van der Waals surface area contributed by atoms with Gasteiger partial charge in [0.25, 0.3) is 6.01 Å². The number of alkyl halides is 3. The van der Waals surface area contributed by atoms with Crippen LogP contribution in [-0.4, -0.2) is 47.9 Å². The molecule has 0 saturated carbocycles. The Hall–Kier alpha value is -2.33. The molecule has 0 aliphatic carbocycles. The molecule has 2 bridgehead atoms. The van der Waals surface area contributed by atoms with E-state index in [-0.39, 0.29) is 5.75 Å². The first-order chi connectivity index (χ1) is 13.4. The van der Waals surface area contributed by atoms with E-state index >= 15 is 0 Å². The first-order valence-corrected chi connectivity index (χ1v) is 9.87. The summed E-state index contributed by atoms with van der Waals surface area (Å²) < 4.78 is 48.7. The van der Waals surface area contributed by atoms with Crippen LogP contribution in [0.2, 0.25) is 0 Å². The van der Waals surface area contributed by atoms with Crippen LogP contribution >= 0.6 is 11.3 Å². The summed E-state index contributed by atoms with van der Waals surface area (Å²) in [6, 6.07) is 4.33. The molecule has 2 aromatic heterocycles. The zero-order valence-electron chi connectivity index (χ0n) is 14.7. The minimum Gasteiger partial charge on any atom is -0.484 e. The molecular weight excluding hydrogens is 393 g/mol. The number of nitrogens with zero attached hydrogens (tertiary/aromatic N) is 3. The molecule has 0 amide bonds. The maximum absolute atomic E-state index is 12.6. The lowest BCUT2D eigenvalue weighted by atomic mass is 10.2. The second-order valence-corrected chi connectivity index (χ2v) is 7.99. The lowest BCUT2D eigenvalue weighted by Crippen LogP contribution is -2.51. The Bertz CT molecular complexity index is 977. The second-order valence-electron chi connectivity index (χ2n) is 7.10. The molecule has 1 aromatic carbocycles. The maximum atomic E-state index is 12.6. The number of piperazine rings is 1. The maximum Gasteiger partial charge on any atom is 0.422 e. The Morgan fingerprint density at radius 2 is 2.04 bits per heavy atom. The quantitative estimate of drug-likeness (QED) is 0.705. The highest BCUT2D eigenvalue weighted by atomic mass is 32.1. The number of ether oxygens (including phenoxy) is 1. The fourth-order valence-electron chi connectivity index (χ4n) is 3.85. The zero-order valence-corrected chi connectivity index (χ0v) is 15.5. The SMILES string of the molecule is FC(F)(F)COc1cc(-c2nccs2)c2oc(N3CC4CCC(C3)N4)nc2c1. The van der Waals surface area contributed by atoms with E-state index in [1.807, 2.05) is 0 Å². The van der Waals surface area contributed by atoms with Crippen molar-refractivity contribution in [2.45, 2.75) is 31.1 Å². The first-order valence-electron chi connectivity index (χ1n) is 8.99. The van der Waals surface area contributed by atoms with E-state index in [9.17, 15) is 13.2 Å². The van der Waals surface area contributed by atoms with Gasteiger partial charge in [-0.1, -0.05) is 0 Å². The van der Waals surface area contributed by atoms with E-state index < -0.39 is 12.8 Å².